The fraction of sp³-hybridized carbons (Fsp3) is 0.783. The number of amides is 2. The molecule has 4 saturated carbocycles. The predicted molar refractivity (Wildman–Crippen MR) is 111 cm³/mol. The van der Waals surface area contributed by atoms with Gasteiger partial charge in [-0.25, -0.2) is 0 Å². The maximum absolute atomic E-state index is 13.1. The molecule has 4 bridgehead atoms. The molecule has 0 radical (unpaired) electrons. The number of hydrogen-bond acceptors (Lipinski definition) is 5. The molecule has 164 valence electrons. The largest absolute Gasteiger partial charge is 0.361 e. The minimum Gasteiger partial charge on any atom is -0.361 e. The lowest BCUT2D eigenvalue weighted by molar-refractivity contribution is -0.148. The summed E-state index contributed by atoms with van der Waals surface area (Å²) in [6.45, 7) is 7.94. The average Bonchev–Trinajstić information content (AvgIpc) is 3.03. The Morgan fingerprint density at radius 1 is 1.03 bits per heavy atom. The van der Waals surface area contributed by atoms with E-state index in [0.717, 1.165) is 73.7 Å². The summed E-state index contributed by atoms with van der Waals surface area (Å²) < 4.78 is 5.26. The van der Waals surface area contributed by atoms with Gasteiger partial charge in [0.15, 0.2) is 0 Å². The second-order valence-electron chi connectivity index (χ2n) is 10.3. The van der Waals surface area contributed by atoms with Gasteiger partial charge < -0.3 is 14.7 Å². The summed E-state index contributed by atoms with van der Waals surface area (Å²) in [6.07, 6.45) is 7.09. The molecule has 0 unspecified atom stereocenters. The lowest BCUT2D eigenvalue weighted by Gasteiger charge is -2.55. The van der Waals surface area contributed by atoms with E-state index in [4.69, 9.17) is 4.52 Å². The van der Waals surface area contributed by atoms with Gasteiger partial charge in [-0.05, 0) is 70.1 Å². The molecule has 0 atom stereocenters. The summed E-state index contributed by atoms with van der Waals surface area (Å²) >= 11 is 0. The van der Waals surface area contributed by atoms with E-state index in [1.165, 1.54) is 19.3 Å². The summed E-state index contributed by atoms with van der Waals surface area (Å²) in [5, 5.41) is 7.06. The van der Waals surface area contributed by atoms with Gasteiger partial charge in [0.05, 0.1) is 12.2 Å². The van der Waals surface area contributed by atoms with Crippen molar-refractivity contribution in [3.05, 3.63) is 17.0 Å². The molecular formula is C23H34N4O3. The Morgan fingerprint density at radius 2 is 1.63 bits per heavy atom. The van der Waals surface area contributed by atoms with E-state index in [9.17, 15) is 9.59 Å². The molecule has 1 aromatic rings. The highest BCUT2D eigenvalue weighted by Gasteiger charge is 2.54. The van der Waals surface area contributed by atoms with Crippen LogP contribution in [0, 0.1) is 37.0 Å². The number of rotatable bonds is 5. The highest BCUT2D eigenvalue weighted by molar-refractivity contribution is 5.88. The SMILES string of the molecule is Cc1noc(C)c1CN1CCN(C(=O)CNC(=O)C23CC4CC(CC(C4)C2)C3)CC1. The van der Waals surface area contributed by atoms with Gasteiger partial charge in [-0.2, -0.15) is 0 Å². The lowest BCUT2D eigenvalue weighted by atomic mass is 9.49. The molecule has 0 spiro atoms. The Hall–Kier alpha value is -1.89. The van der Waals surface area contributed by atoms with Gasteiger partial charge in [-0.15, -0.1) is 0 Å². The van der Waals surface area contributed by atoms with Crippen molar-refractivity contribution in [1.29, 1.82) is 0 Å². The minimum atomic E-state index is -0.178. The molecule has 5 fully saturated rings. The van der Waals surface area contributed by atoms with Crippen LogP contribution in [0.15, 0.2) is 4.52 Å². The first kappa shape index (κ1) is 20.0. The Morgan fingerprint density at radius 3 is 2.17 bits per heavy atom. The van der Waals surface area contributed by atoms with Crippen LogP contribution in [0.1, 0.15) is 55.5 Å². The number of hydrogen-bond donors (Lipinski definition) is 1. The van der Waals surface area contributed by atoms with Crippen LogP contribution in [0.5, 0.6) is 0 Å². The number of nitrogens with one attached hydrogen (secondary N) is 1. The van der Waals surface area contributed by atoms with E-state index in [0.29, 0.717) is 13.1 Å². The zero-order chi connectivity index (χ0) is 20.9. The van der Waals surface area contributed by atoms with Crippen molar-refractivity contribution < 1.29 is 14.1 Å². The normalized spacial score (nSPS) is 33.1. The van der Waals surface area contributed by atoms with E-state index < -0.39 is 0 Å². The van der Waals surface area contributed by atoms with Crippen LogP contribution in [-0.4, -0.2) is 59.5 Å². The van der Waals surface area contributed by atoms with Crippen molar-refractivity contribution in [1.82, 2.24) is 20.3 Å². The van der Waals surface area contributed by atoms with E-state index >= 15 is 0 Å². The van der Waals surface area contributed by atoms with Crippen LogP contribution in [0.2, 0.25) is 0 Å². The maximum atomic E-state index is 13.1. The molecule has 1 aromatic heterocycles. The van der Waals surface area contributed by atoms with Crippen LogP contribution in [0.25, 0.3) is 0 Å². The zero-order valence-corrected chi connectivity index (χ0v) is 18.3. The highest BCUT2D eigenvalue weighted by Crippen LogP contribution is 2.60. The molecule has 2 amide bonds. The third kappa shape index (κ3) is 3.66. The first-order valence-corrected chi connectivity index (χ1v) is 11.6. The van der Waals surface area contributed by atoms with Gasteiger partial charge in [-0.3, -0.25) is 14.5 Å². The second kappa shape index (κ2) is 7.66. The Labute approximate surface area is 178 Å². The fourth-order valence-electron chi connectivity index (χ4n) is 6.95. The third-order valence-corrected chi connectivity index (χ3v) is 8.21. The summed E-state index contributed by atoms with van der Waals surface area (Å²) in [7, 11) is 0. The van der Waals surface area contributed by atoms with Crippen molar-refractivity contribution >= 4 is 11.8 Å². The number of carbonyl (C=O) groups excluding carboxylic acids is 2. The van der Waals surface area contributed by atoms with Crippen LogP contribution in [0.4, 0.5) is 0 Å². The zero-order valence-electron chi connectivity index (χ0n) is 18.3. The molecule has 7 nitrogen and oxygen atoms in total. The molecule has 7 heteroatoms. The Bertz CT molecular complexity index is 770. The number of aryl methyl sites for hydroxylation is 2. The number of nitrogens with zero attached hydrogens (tertiary/aromatic N) is 3. The number of piperazine rings is 1. The third-order valence-electron chi connectivity index (χ3n) is 8.21. The maximum Gasteiger partial charge on any atom is 0.242 e. The molecule has 2 heterocycles. The Balaban J connectivity index is 1.10. The minimum absolute atomic E-state index is 0.0464. The van der Waals surface area contributed by atoms with Gasteiger partial charge >= 0.3 is 0 Å². The van der Waals surface area contributed by atoms with Crippen molar-refractivity contribution in [2.24, 2.45) is 23.2 Å². The molecule has 6 rings (SSSR count). The molecule has 30 heavy (non-hydrogen) atoms. The van der Waals surface area contributed by atoms with E-state index in [1.54, 1.807) is 0 Å². The first-order valence-electron chi connectivity index (χ1n) is 11.6. The van der Waals surface area contributed by atoms with Crippen molar-refractivity contribution in [3.8, 4) is 0 Å². The van der Waals surface area contributed by atoms with E-state index in [1.807, 2.05) is 18.7 Å². The molecule has 5 aliphatic rings. The standard InChI is InChI=1S/C23H34N4O3/c1-15-20(16(2)30-25-15)14-26-3-5-27(6-4-26)21(28)13-24-22(29)23-10-17-7-18(11-23)9-19(8-17)12-23/h17-19H,3-14H2,1-2H3,(H,24,29). The molecule has 4 aliphatic carbocycles. The molecule has 0 aromatic carbocycles. The van der Waals surface area contributed by atoms with Crippen LogP contribution in [-0.2, 0) is 16.1 Å². The Kier molecular flexibility index (Phi) is 5.12. The summed E-state index contributed by atoms with van der Waals surface area (Å²) in [6, 6.07) is 0. The fourth-order valence-corrected chi connectivity index (χ4v) is 6.95. The van der Waals surface area contributed by atoms with Gasteiger partial charge in [-0.1, -0.05) is 5.16 Å². The highest BCUT2D eigenvalue weighted by atomic mass is 16.5. The van der Waals surface area contributed by atoms with Gasteiger partial charge in [0.2, 0.25) is 11.8 Å². The summed E-state index contributed by atoms with van der Waals surface area (Å²) in [4.78, 5) is 30.0. The van der Waals surface area contributed by atoms with Crippen molar-refractivity contribution in [3.63, 3.8) is 0 Å². The predicted octanol–water partition coefficient (Wildman–Crippen LogP) is 2.27. The van der Waals surface area contributed by atoms with Crippen LogP contribution in [0.3, 0.4) is 0 Å². The van der Waals surface area contributed by atoms with Gasteiger partial charge in [0, 0.05) is 43.7 Å². The average molecular weight is 415 g/mol. The first-order chi connectivity index (χ1) is 14.4. The number of carbonyl (C=O) groups is 2. The monoisotopic (exact) mass is 414 g/mol. The van der Waals surface area contributed by atoms with Gasteiger partial charge in [0.1, 0.15) is 5.76 Å². The molecule has 1 saturated heterocycles. The van der Waals surface area contributed by atoms with Crippen molar-refractivity contribution in [2.75, 3.05) is 32.7 Å². The smallest absolute Gasteiger partial charge is 0.242 e. The summed E-state index contributed by atoms with van der Waals surface area (Å²) in [5.74, 6) is 3.28. The van der Waals surface area contributed by atoms with Crippen LogP contribution >= 0.6 is 0 Å². The number of aromatic nitrogens is 1. The van der Waals surface area contributed by atoms with E-state index in [-0.39, 0.29) is 23.8 Å². The van der Waals surface area contributed by atoms with Crippen LogP contribution < -0.4 is 5.32 Å². The van der Waals surface area contributed by atoms with E-state index in [2.05, 4.69) is 15.4 Å². The van der Waals surface area contributed by atoms with Gasteiger partial charge in [0.25, 0.3) is 0 Å². The molecular weight excluding hydrogens is 380 g/mol. The lowest BCUT2D eigenvalue weighted by Crippen LogP contribution is -2.55. The van der Waals surface area contributed by atoms with Crippen molar-refractivity contribution in [2.45, 2.75) is 58.9 Å². The molecule has 1 aliphatic heterocycles. The summed E-state index contributed by atoms with van der Waals surface area (Å²) in [5.41, 5.74) is 1.92. The topological polar surface area (TPSA) is 78.7 Å². The molecule has 1 N–H and O–H groups in total. The second-order valence-corrected chi connectivity index (χ2v) is 10.3. The quantitative estimate of drug-likeness (QED) is 0.800.